The molecule has 2 aromatic carbocycles. The number of hydrogen-bond acceptors (Lipinski definition) is 7. The number of H-pyrrole nitrogens is 1. The lowest BCUT2D eigenvalue weighted by atomic mass is 9.99. The van der Waals surface area contributed by atoms with Crippen LogP contribution in [0.1, 0.15) is 66.0 Å². The van der Waals surface area contributed by atoms with Crippen molar-refractivity contribution in [2.24, 2.45) is 11.8 Å². The molecule has 1 heterocycles. The summed E-state index contributed by atoms with van der Waals surface area (Å²) >= 11 is 0. The molecule has 4 amide bonds. The Balaban J connectivity index is 1.94. The van der Waals surface area contributed by atoms with Gasteiger partial charge >= 0.3 is 12.1 Å². The van der Waals surface area contributed by atoms with E-state index < -0.39 is 59.6 Å². The first-order valence-corrected chi connectivity index (χ1v) is 16.6. The predicted molar refractivity (Wildman–Crippen MR) is 187 cm³/mol. The SMILES string of the molecule is COC(=O)[C@H](NC(=O)[C@H](Cc1c[nH]c2ccccc12)NC(=O)[C@H](Cc1ccccc1)NC(=O)[C@H](CC(C)C)NC(=O)OC(C)(C)C)C(C)C. The first kappa shape index (κ1) is 38.6. The minimum atomic E-state index is -1.13. The van der Waals surface area contributed by atoms with Gasteiger partial charge in [-0.05, 0) is 56.2 Å². The number of fused-ring (bicyclic) bond motifs is 1. The molecule has 4 atom stereocenters. The molecule has 1 aromatic heterocycles. The van der Waals surface area contributed by atoms with Crippen LogP contribution in [0.15, 0.2) is 60.8 Å². The molecule has 0 saturated carbocycles. The molecule has 5 N–H and O–H groups in total. The van der Waals surface area contributed by atoms with Crippen LogP contribution in [0.2, 0.25) is 0 Å². The van der Waals surface area contributed by atoms with Gasteiger partial charge in [-0.15, -0.1) is 0 Å². The van der Waals surface area contributed by atoms with E-state index in [-0.39, 0.29) is 24.7 Å². The highest BCUT2D eigenvalue weighted by Crippen LogP contribution is 2.20. The minimum Gasteiger partial charge on any atom is -0.467 e. The molecule has 0 spiro atoms. The molecule has 3 rings (SSSR count). The fourth-order valence-electron chi connectivity index (χ4n) is 5.36. The third-order valence-electron chi connectivity index (χ3n) is 7.78. The van der Waals surface area contributed by atoms with Crippen molar-refractivity contribution in [2.75, 3.05) is 7.11 Å². The molecule has 0 aliphatic heterocycles. The fraction of sp³-hybridized carbons (Fsp3) is 0.486. The van der Waals surface area contributed by atoms with Crippen molar-refractivity contribution in [2.45, 2.75) is 97.5 Å². The number of carbonyl (C=O) groups is 5. The van der Waals surface area contributed by atoms with Crippen molar-refractivity contribution < 1.29 is 33.4 Å². The molecule has 0 aliphatic carbocycles. The Morgan fingerprint density at radius 3 is 1.90 bits per heavy atom. The number of aromatic nitrogens is 1. The van der Waals surface area contributed by atoms with Crippen molar-refractivity contribution in [1.82, 2.24) is 26.3 Å². The summed E-state index contributed by atoms with van der Waals surface area (Å²) in [6.07, 6.45) is 1.52. The van der Waals surface area contributed by atoms with Gasteiger partial charge in [0.25, 0.3) is 0 Å². The second-order valence-electron chi connectivity index (χ2n) is 14.0. The summed E-state index contributed by atoms with van der Waals surface area (Å²) in [6, 6.07) is 12.5. The number of amides is 4. The molecule has 0 fully saturated rings. The van der Waals surface area contributed by atoms with Crippen molar-refractivity contribution >= 4 is 40.7 Å². The Morgan fingerprint density at radius 2 is 1.31 bits per heavy atom. The number of para-hydroxylation sites is 1. The standard InChI is InChI=1S/C37H51N5O7/c1-22(2)18-28(41-36(47)49-37(5,6)7)32(43)39-29(19-24-14-10-9-11-15-24)33(44)40-30(34(45)42-31(23(3)4)35(46)48-8)20-25-21-38-27-17-13-12-16-26(25)27/h9-17,21-23,28-31,38H,18-20H2,1-8H3,(H,39,43)(H,40,44)(H,41,47)(H,42,45)/t28-,29-,30-,31+/m0/s1. The second-order valence-corrected chi connectivity index (χ2v) is 14.0. The smallest absolute Gasteiger partial charge is 0.408 e. The highest BCUT2D eigenvalue weighted by molar-refractivity contribution is 5.95. The van der Waals surface area contributed by atoms with E-state index in [0.29, 0.717) is 6.42 Å². The number of rotatable bonds is 15. The summed E-state index contributed by atoms with van der Waals surface area (Å²) in [4.78, 5) is 70.1. The van der Waals surface area contributed by atoms with Gasteiger partial charge in [0.15, 0.2) is 0 Å². The number of nitrogens with one attached hydrogen (secondary N) is 5. The summed E-state index contributed by atoms with van der Waals surface area (Å²) in [6.45, 7) is 12.6. The highest BCUT2D eigenvalue weighted by atomic mass is 16.6. The van der Waals surface area contributed by atoms with Crippen molar-refractivity contribution in [3.8, 4) is 0 Å². The molecule has 49 heavy (non-hydrogen) atoms. The van der Waals surface area contributed by atoms with Crippen LogP contribution in [0.4, 0.5) is 4.79 Å². The monoisotopic (exact) mass is 677 g/mol. The molecule has 0 saturated heterocycles. The van der Waals surface area contributed by atoms with E-state index in [1.54, 1.807) is 40.8 Å². The van der Waals surface area contributed by atoms with Gasteiger partial charge in [-0.2, -0.15) is 0 Å². The van der Waals surface area contributed by atoms with E-state index in [1.807, 2.05) is 68.4 Å². The Hall–Kier alpha value is -4.87. The third kappa shape index (κ3) is 12.0. The number of methoxy groups -OCH3 is 1. The Bertz CT molecular complexity index is 1580. The zero-order valence-electron chi connectivity index (χ0n) is 29.7. The van der Waals surface area contributed by atoms with Crippen LogP contribution in [0.5, 0.6) is 0 Å². The van der Waals surface area contributed by atoms with Gasteiger partial charge in [0.2, 0.25) is 17.7 Å². The second kappa shape index (κ2) is 17.5. The summed E-state index contributed by atoms with van der Waals surface area (Å²) in [5.41, 5.74) is 1.63. The van der Waals surface area contributed by atoms with Crippen LogP contribution < -0.4 is 21.3 Å². The lowest BCUT2D eigenvalue weighted by Gasteiger charge is -2.28. The number of alkyl carbamates (subject to hydrolysis) is 1. The highest BCUT2D eigenvalue weighted by Gasteiger charge is 2.33. The van der Waals surface area contributed by atoms with E-state index in [2.05, 4.69) is 26.3 Å². The summed E-state index contributed by atoms with van der Waals surface area (Å²) < 4.78 is 10.3. The van der Waals surface area contributed by atoms with Crippen LogP contribution in [-0.2, 0) is 41.5 Å². The van der Waals surface area contributed by atoms with E-state index in [9.17, 15) is 24.0 Å². The molecule has 0 unspecified atom stereocenters. The molecular formula is C37H51N5O7. The molecule has 266 valence electrons. The van der Waals surface area contributed by atoms with Crippen LogP contribution in [0.25, 0.3) is 10.9 Å². The zero-order chi connectivity index (χ0) is 36.3. The molecular weight excluding hydrogens is 626 g/mol. The van der Waals surface area contributed by atoms with Crippen LogP contribution in [-0.4, -0.2) is 71.6 Å². The quantitative estimate of drug-likeness (QED) is 0.151. The van der Waals surface area contributed by atoms with Gasteiger partial charge in [-0.25, -0.2) is 9.59 Å². The van der Waals surface area contributed by atoms with Crippen molar-refractivity contribution in [3.05, 3.63) is 71.9 Å². The minimum absolute atomic E-state index is 0.0278. The summed E-state index contributed by atoms with van der Waals surface area (Å²) in [7, 11) is 1.25. The van der Waals surface area contributed by atoms with Gasteiger partial charge < -0.3 is 35.7 Å². The van der Waals surface area contributed by atoms with Gasteiger partial charge in [-0.3, -0.25) is 14.4 Å². The topological polar surface area (TPSA) is 168 Å². The fourth-order valence-corrected chi connectivity index (χ4v) is 5.36. The Morgan fingerprint density at radius 1 is 0.735 bits per heavy atom. The van der Waals surface area contributed by atoms with E-state index in [0.717, 1.165) is 22.0 Å². The number of esters is 1. The van der Waals surface area contributed by atoms with Crippen molar-refractivity contribution in [1.29, 1.82) is 0 Å². The number of carbonyl (C=O) groups excluding carboxylic acids is 5. The molecule has 3 aromatic rings. The molecule has 12 nitrogen and oxygen atoms in total. The van der Waals surface area contributed by atoms with Gasteiger partial charge in [-0.1, -0.05) is 76.2 Å². The molecule has 0 aliphatic rings. The number of hydrogen-bond donors (Lipinski definition) is 5. The number of aromatic amines is 1. The largest absolute Gasteiger partial charge is 0.467 e. The van der Waals surface area contributed by atoms with Gasteiger partial charge in [0.05, 0.1) is 7.11 Å². The maximum absolute atomic E-state index is 14.1. The average Bonchev–Trinajstić information content (AvgIpc) is 3.44. The maximum atomic E-state index is 14.1. The van der Waals surface area contributed by atoms with E-state index in [1.165, 1.54) is 7.11 Å². The van der Waals surface area contributed by atoms with Gasteiger partial charge in [0.1, 0.15) is 29.8 Å². The Labute approximate surface area is 288 Å². The maximum Gasteiger partial charge on any atom is 0.408 e. The lowest BCUT2D eigenvalue weighted by molar-refractivity contribution is -0.146. The average molecular weight is 678 g/mol. The summed E-state index contributed by atoms with van der Waals surface area (Å²) in [5, 5.41) is 12.0. The zero-order valence-corrected chi connectivity index (χ0v) is 29.7. The predicted octanol–water partition coefficient (Wildman–Crippen LogP) is 4.18. The Kier molecular flexibility index (Phi) is 13.8. The molecule has 0 bridgehead atoms. The van der Waals surface area contributed by atoms with Gasteiger partial charge in [0, 0.05) is 29.9 Å². The van der Waals surface area contributed by atoms with E-state index >= 15 is 0 Å². The number of ether oxygens (including phenoxy) is 2. The van der Waals surface area contributed by atoms with Crippen LogP contribution >= 0.6 is 0 Å². The van der Waals surface area contributed by atoms with Crippen molar-refractivity contribution in [3.63, 3.8) is 0 Å². The molecule has 0 radical (unpaired) electrons. The first-order valence-electron chi connectivity index (χ1n) is 16.6. The van der Waals surface area contributed by atoms with E-state index in [4.69, 9.17) is 9.47 Å². The van der Waals surface area contributed by atoms with Crippen LogP contribution in [0, 0.1) is 11.8 Å². The third-order valence-corrected chi connectivity index (χ3v) is 7.78. The first-order chi connectivity index (χ1) is 23.1. The molecule has 12 heteroatoms. The summed E-state index contributed by atoms with van der Waals surface area (Å²) in [5.74, 6) is -2.64. The van der Waals surface area contributed by atoms with Crippen LogP contribution in [0.3, 0.4) is 0 Å². The normalized spacial score (nSPS) is 14.0. The number of benzene rings is 2. The lowest BCUT2D eigenvalue weighted by Crippen LogP contribution is -2.59.